The van der Waals surface area contributed by atoms with Gasteiger partial charge in [-0.1, -0.05) is 43.0 Å². The fourth-order valence-electron chi connectivity index (χ4n) is 3.61. The quantitative estimate of drug-likeness (QED) is 0.438. The normalized spacial score (nSPS) is 16.3. The smallest absolute Gasteiger partial charge is 0.138 e. The SMILES string of the molecule is CCCCC1(c2cc(O)c3c(-c4cc(Cl)cc(Cl)c4)coc3c2)SCCS1. The van der Waals surface area contributed by atoms with Crippen molar-refractivity contribution < 1.29 is 9.52 Å². The molecule has 0 bridgehead atoms. The van der Waals surface area contributed by atoms with Crippen LogP contribution >= 0.6 is 46.7 Å². The summed E-state index contributed by atoms with van der Waals surface area (Å²) in [6, 6.07) is 9.35. The highest BCUT2D eigenvalue weighted by atomic mass is 35.5. The van der Waals surface area contributed by atoms with Crippen molar-refractivity contribution >= 4 is 57.7 Å². The van der Waals surface area contributed by atoms with E-state index in [1.54, 1.807) is 12.3 Å². The summed E-state index contributed by atoms with van der Waals surface area (Å²) >= 11 is 16.3. The summed E-state index contributed by atoms with van der Waals surface area (Å²) in [5, 5.41) is 12.7. The van der Waals surface area contributed by atoms with Gasteiger partial charge in [-0.15, -0.1) is 23.5 Å². The molecule has 0 spiro atoms. The van der Waals surface area contributed by atoms with Crippen LogP contribution in [0.4, 0.5) is 0 Å². The number of thioether (sulfide) groups is 2. The topological polar surface area (TPSA) is 33.4 Å². The zero-order valence-corrected chi connectivity index (χ0v) is 18.1. The second kappa shape index (κ2) is 7.82. The third kappa shape index (κ3) is 3.69. The number of rotatable bonds is 5. The standard InChI is InChI=1S/C21H20Cl2O2S2/c1-2-3-4-21(26-5-6-27-21)14-9-18(24)20-17(12-25-19(20)10-14)13-7-15(22)11-16(23)8-13/h7-12,24H,2-6H2,1H3. The molecule has 2 heterocycles. The molecule has 1 N–H and O–H groups in total. The van der Waals surface area contributed by atoms with E-state index in [0.717, 1.165) is 41.0 Å². The van der Waals surface area contributed by atoms with Crippen LogP contribution in [0.3, 0.4) is 0 Å². The zero-order valence-electron chi connectivity index (χ0n) is 14.9. The Bertz CT molecular complexity index is 957. The highest BCUT2D eigenvalue weighted by Gasteiger charge is 2.37. The molecule has 0 saturated carbocycles. The minimum atomic E-state index is 0.00793. The first kappa shape index (κ1) is 19.4. The highest BCUT2D eigenvalue weighted by molar-refractivity contribution is 8.20. The number of aromatic hydroxyl groups is 1. The Morgan fingerprint density at radius 2 is 1.78 bits per heavy atom. The molecule has 1 fully saturated rings. The van der Waals surface area contributed by atoms with E-state index in [9.17, 15) is 5.11 Å². The van der Waals surface area contributed by atoms with Crippen LogP contribution in [-0.2, 0) is 4.08 Å². The van der Waals surface area contributed by atoms with Crippen molar-refractivity contribution in [3.8, 4) is 16.9 Å². The molecule has 2 nitrogen and oxygen atoms in total. The zero-order chi connectivity index (χ0) is 19.0. The lowest BCUT2D eigenvalue weighted by molar-refractivity contribution is 0.480. The average Bonchev–Trinajstić information content (AvgIpc) is 3.27. The Labute approximate surface area is 177 Å². The molecule has 1 aliphatic rings. The first-order valence-electron chi connectivity index (χ1n) is 9.01. The van der Waals surface area contributed by atoms with Crippen LogP contribution in [0.1, 0.15) is 31.7 Å². The monoisotopic (exact) mass is 438 g/mol. The number of unbranched alkanes of at least 4 members (excludes halogenated alkanes) is 1. The third-order valence-corrected chi connectivity index (χ3v) is 8.91. The molecular formula is C21H20Cl2O2S2. The number of hydrogen-bond acceptors (Lipinski definition) is 4. The van der Waals surface area contributed by atoms with E-state index in [-0.39, 0.29) is 9.83 Å². The molecule has 3 aromatic rings. The predicted molar refractivity (Wildman–Crippen MR) is 119 cm³/mol. The minimum Gasteiger partial charge on any atom is -0.507 e. The van der Waals surface area contributed by atoms with E-state index < -0.39 is 0 Å². The van der Waals surface area contributed by atoms with E-state index in [1.807, 2.05) is 41.7 Å². The predicted octanol–water partition coefficient (Wildman–Crippen LogP) is 7.94. The van der Waals surface area contributed by atoms with E-state index in [2.05, 4.69) is 13.0 Å². The Balaban J connectivity index is 1.82. The van der Waals surface area contributed by atoms with Gasteiger partial charge in [-0.3, -0.25) is 0 Å². The van der Waals surface area contributed by atoms with Crippen LogP contribution in [0.2, 0.25) is 10.0 Å². The van der Waals surface area contributed by atoms with Crippen molar-refractivity contribution in [3.63, 3.8) is 0 Å². The lowest BCUT2D eigenvalue weighted by atomic mass is 10.00. The first-order valence-corrected chi connectivity index (χ1v) is 11.7. The molecular weight excluding hydrogens is 419 g/mol. The van der Waals surface area contributed by atoms with Crippen LogP contribution in [0.25, 0.3) is 22.1 Å². The van der Waals surface area contributed by atoms with E-state index in [1.165, 1.54) is 6.42 Å². The van der Waals surface area contributed by atoms with Gasteiger partial charge in [0.25, 0.3) is 0 Å². The molecule has 2 aromatic carbocycles. The Hall–Kier alpha value is -0.940. The van der Waals surface area contributed by atoms with Crippen molar-refractivity contribution in [3.05, 3.63) is 52.2 Å². The third-order valence-electron chi connectivity index (χ3n) is 4.88. The lowest BCUT2D eigenvalue weighted by Gasteiger charge is -2.28. The second-order valence-corrected chi connectivity index (χ2v) is 10.6. The van der Waals surface area contributed by atoms with Crippen LogP contribution in [-0.4, -0.2) is 16.6 Å². The molecule has 0 radical (unpaired) electrons. The van der Waals surface area contributed by atoms with Gasteiger partial charge in [-0.25, -0.2) is 0 Å². The lowest BCUT2D eigenvalue weighted by Crippen LogP contribution is -2.14. The summed E-state index contributed by atoms with van der Waals surface area (Å²) in [7, 11) is 0. The maximum atomic E-state index is 10.9. The molecule has 1 saturated heterocycles. The molecule has 0 aliphatic carbocycles. The van der Waals surface area contributed by atoms with Gasteiger partial charge in [0.1, 0.15) is 11.3 Å². The number of benzene rings is 2. The van der Waals surface area contributed by atoms with Crippen molar-refractivity contribution in [2.24, 2.45) is 0 Å². The molecule has 0 unspecified atom stereocenters. The number of hydrogen-bond donors (Lipinski definition) is 1. The largest absolute Gasteiger partial charge is 0.507 e. The second-order valence-electron chi connectivity index (χ2n) is 6.73. The summed E-state index contributed by atoms with van der Waals surface area (Å²) < 4.78 is 5.86. The van der Waals surface area contributed by atoms with Gasteiger partial charge in [0, 0.05) is 27.1 Å². The molecule has 6 heteroatoms. The highest BCUT2D eigenvalue weighted by Crippen LogP contribution is 2.56. The van der Waals surface area contributed by atoms with Gasteiger partial charge in [-0.05, 0) is 47.9 Å². The van der Waals surface area contributed by atoms with Crippen LogP contribution in [0, 0.1) is 0 Å². The van der Waals surface area contributed by atoms with Crippen molar-refractivity contribution in [1.29, 1.82) is 0 Å². The van der Waals surface area contributed by atoms with Gasteiger partial charge in [0.2, 0.25) is 0 Å². The molecule has 142 valence electrons. The van der Waals surface area contributed by atoms with Crippen molar-refractivity contribution in [2.75, 3.05) is 11.5 Å². The van der Waals surface area contributed by atoms with Gasteiger partial charge in [0.05, 0.1) is 15.7 Å². The Morgan fingerprint density at radius 1 is 1.07 bits per heavy atom. The molecule has 27 heavy (non-hydrogen) atoms. The fourth-order valence-corrected chi connectivity index (χ4v) is 7.44. The minimum absolute atomic E-state index is 0.00793. The molecule has 4 rings (SSSR count). The van der Waals surface area contributed by atoms with Gasteiger partial charge < -0.3 is 9.52 Å². The van der Waals surface area contributed by atoms with Crippen LogP contribution < -0.4 is 0 Å². The van der Waals surface area contributed by atoms with Gasteiger partial charge >= 0.3 is 0 Å². The van der Waals surface area contributed by atoms with E-state index in [0.29, 0.717) is 21.0 Å². The van der Waals surface area contributed by atoms with E-state index in [4.69, 9.17) is 27.6 Å². The van der Waals surface area contributed by atoms with E-state index >= 15 is 0 Å². The first-order chi connectivity index (χ1) is 13.0. The van der Waals surface area contributed by atoms with Crippen LogP contribution in [0.15, 0.2) is 41.0 Å². The summed E-state index contributed by atoms with van der Waals surface area (Å²) in [4.78, 5) is 0. The number of furan rings is 1. The Kier molecular flexibility index (Phi) is 5.62. The Morgan fingerprint density at radius 3 is 2.44 bits per heavy atom. The maximum Gasteiger partial charge on any atom is 0.138 e. The molecule has 1 aromatic heterocycles. The average molecular weight is 439 g/mol. The molecule has 0 atom stereocenters. The fraction of sp³-hybridized carbons (Fsp3) is 0.333. The van der Waals surface area contributed by atoms with Gasteiger partial charge in [-0.2, -0.15) is 0 Å². The summed E-state index contributed by atoms with van der Waals surface area (Å²) in [6.45, 7) is 2.22. The maximum absolute atomic E-state index is 10.9. The van der Waals surface area contributed by atoms with Crippen molar-refractivity contribution in [1.82, 2.24) is 0 Å². The van der Waals surface area contributed by atoms with Crippen LogP contribution in [0.5, 0.6) is 5.75 Å². The summed E-state index contributed by atoms with van der Waals surface area (Å²) in [6.07, 6.45) is 5.10. The van der Waals surface area contributed by atoms with Gasteiger partial charge in [0.15, 0.2) is 0 Å². The summed E-state index contributed by atoms with van der Waals surface area (Å²) in [5.41, 5.74) is 3.46. The van der Waals surface area contributed by atoms with Crippen molar-refractivity contribution in [2.45, 2.75) is 30.3 Å². The molecule has 0 amide bonds. The summed E-state index contributed by atoms with van der Waals surface area (Å²) in [5.74, 6) is 2.51. The number of phenolic OH excluding ortho intramolecular Hbond substituents is 1. The number of halogens is 2. The number of phenols is 1. The number of fused-ring (bicyclic) bond motifs is 1. The molecule has 1 aliphatic heterocycles.